The second-order valence-electron chi connectivity index (χ2n) is 12.7. The standard InChI is InChI=1S/C33H44N4O8S/c1-22-11-13-26(14-12-22)46(42,43)36-19-7-10-28(36)29(38)35-27(31(40)44-5)21-23-8-6-9-25(20-23)37(32(41)45-33(2,3)4)30(39)24-15-17-34-18-16-24/h6,8-9,11-14,20,24,27-28,34H,7,10,15-19,21H2,1-5H3,(H,35,38)/t27-,28-/m0/s1. The Hall–Kier alpha value is -3.81. The Labute approximate surface area is 270 Å². The van der Waals surface area contributed by atoms with Crippen LogP contribution >= 0.6 is 0 Å². The largest absolute Gasteiger partial charge is 0.467 e. The van der Waals surface area contributed by atoms with Crippen LogP contribution in [0.25, 0.3) is 0 Å². The fourth-order valence-corrected chi connectivity index (χ4v) is 7.34. The number of piperidine rings is 1. The summed E-state index contributed by atoms with van der Waals surface area (Å²) < 4.78 is 38.6. The van der Waals surface area contributed by atoms with Gasteiger partial charge in [0.2, 0.25) is 21.8 Å². The van der Waals surface area contributed by atoms with Crippen LogP contribution in [-0.4, -0.2) is 81.0 Å². The minimum Gasteiger partial charge on any atom is -0.467 e. The number of rotatable bonds is 9. The van der Waals surface area contributed by atoms with Crippen molar-refractivity contribution in [1.29, 1.82) is 0 Å². The molecule has 3 amide bonds. The average molecular weight is 657 g/mol. The maximum Gasteiger partial charge on any atom is 0.421 e. The van der Waals surface area contributed by atoms with Crippen LogP contribution in [0.5, 0.6) is 0 Å². The summed E-state index contributed by atoms with van der Waals surface area (Å²) in [7, 11) is -2.76. The van der Waals surface area contributed by atoms with Crippen LogP contribution in [0.4, 0.5) is 10.5 Å². The zero-order valence-electron chi connectivity index (χ0n) is 27.1. The molecule has 12 nitrogen and oxygen atoms in total. The first-order chi connectivity index (χ1) is 21.7. The molecule has 4 rings (SSSR count). The van der Waals surface area contributed by atoms with Crippen molar-refractivity contribution < 1.29 is 37.1 Å². The number of hydrogen-bond donors (Lipinski definition) is 2. The van der Waals surface area contributed by atoms with Gasteiger partial charge in [-0.15, -0.1) is 0 Å². The zero-order valence-corrected chi connectivity index (χ0v) is 27.9. The van der Waals surface area contributed by atoms with Gasteiger partial charge >= 0.3 is 12.1 Å². The number of nitrogens with zero attached hydrogens (tertiary/aromatic N) is 2. The number of aryl methyl sites for hydroxylation is 1. The number of sulfonamides is 1. The summed E-state index contributed by atoms with van der Waals surface area (Å²) in [6.07, 6.45) is 1.09. The molecule has 2 saturated heterocycles. The number of anilines is 1. The first-order valence-electron chi connectivity index (χ1n) is 15.5. The Morgan fingerprint density at radius 2 is 1.72 bits per heavy atom. The van der Waals surface area contributed by atoms with Crippen molar-refractivity contribution in [3.05, 3.63) is 59.7 Å². The van der Waals surface area contributed by atoms with Gasteiger partial charge in [0.1, 0.15) is 17.7 Å². The Balaban J connectivity index is 1.56. The number of amides is 3. The third kappa shape index (κ3) is 8.51. The van der Waals surface area contributed by atoms with E-state index < -0.39 is 45.7 Å². The molecule has 0 aliphatic carbocycles. The van der Waals surface area contributed by atoms with E-state index in [2.05, 4.69) is 10.6 Å². The summed E-state index contributed by atoms with van der Waals surface area (Å²) in [4.78, 5) is 54.5. The lowest BCUT2D eigenvalue weighted by Crippen LogP contribution is -2.51. The number of imide groups is 1. The van der Waals surface area contributed by atoms with E-state index in [-0.39, 0.29) is 35.4 Å². The quantitative estimate of drug-likeness (QED) is 0.388. The molecule has 0 unspecified atom stereocenters. The summed E-state index contributed by atoms with van der Waals surface area (Å²) in [5.41, 5.74) is 0.874. The molecule has 0 spiro atoms. The predicted molar refractivity (Wildman–Crippen MR) is 171 cm³/mol. The number of hydrogen-bond acceptors (Lipinski definition) is 9. The number of ether oxygens (including phenoxy) is 2. The zero-order chi connectivity index (χ0) is 33.6. The molecule has 2 atom stereocenters. The van der Waals surface area contributed by atoms with Gasteiger partial charge < -0.3 is 20.1 Å². The second kappa shape index (κ2) is 14.7. The van der Waals surface area contributed by atoms with Gasteiger partial charge in [-0.05, 0) is 96.3 Å². The topological polar surface area (TPSA) is 151 Å². The Morgan fingerprint density at radius 3 is 2.35 bits per heavy atom. The molecule has 13 heteroatoms. The molecule has 2 aliphatic heterocycles. The molecule has 2 aromatic rings. The molecule has 2 heterocycles. The summed E-state index contributed by atoms with van der Waals surface area (Å²) >= 11 is 0. The molecule has 2 aromatic carbocycles. The van der Waals surface area contributed by atoms with Gasteiger partial charge in [0.15, 0.2) is 0 Å². The lowest BCUT2D eigenvalue weighted by Gasteiger charge is -2.30. The molecule has 0 bridgehead atoms. The van der Waals surface area contributed by atoms with Crippen molar-refractivity contribution in [2.75, 3.05) is 31.6 Å². The van der Waals surface area contributed by atoms with Gasteiger partial charge in [-0.3, -0.25) is 9.59 Å². The smallest absolute Gasteiger partial charge is 0.421 e. The van der Waals surface area contributed by atoms with Gasteiger partial charge in [0.25, 0.3) is 0 Å². The minimum atomic E-state index is -3.95. The van der Waals surface area contributed by atoms with Gasteiger partial charge in [0, 0.05) is 18.9 Å². The predicted octanol–water partition coefficient (Wildman–Crippen LogP) is 3.32. The fourth-order valence-electron chi connectivity index (χ4n) is 5.68. The Kier molecular flexibility index (Phi) is 11.2. The van der Waals surface area contributed by atoms with Crippen LogP contribution in [0.15, 0.2) is 53.4 Å². The highest BCUT2D eigenvalue weighted by Crippen LogP contribution is 2.28. The number of benzene rings is 2. The van der Waals surface area contributed by atoms with Crippen LogP contribution in [0.3, 0.4) is 0 Å². The van der Waals surface area contributed by atoms with E-state index in [1.807, 2.05) is 6.92 Å². The monoisotopic (exact) mass is 656 g/mol. The van der Waals surface area contributed by atoms with Gasteiger partial charge in [-0.25, -0.2) is 22.9 Å². The Morgan fingerprint density at radius 1 is 1.04 bits per heavy atom. The maximum absolute atomic E-state index is 13.6. The van der Waals surface area contributed by atoms with Gasteiger partial charge in [-0.1, -0.05) is 29.8 Å². The van der Waals surface area contributed by atoms with Crippen LogP contribution in [0.1, 0.15) is 57.6 Å². The van der Waals surface area contributed by atoms with Gasteiger partial charge in [-0.2, -0.15) is 4.31 Å². The van der Waals surface area contributed by atoms with Crippen LogP contribution in [0.2, 0.25) is 0 Å². The molecule has 2 fully saturated rings. The highest BCUT2D eigenvalue weighted by atomic mass is 32.2. The number of nitrogens with one attached hydrogen (secondary N) is 2. The number of carbonyl (C=O) groups excluding carboxylic acids is 4. The van der Waals surface area contributed by atoms with E-state index in [1.165, 1.54) is 23.5 Å². The van der Waals surface area contributed by atoms with E-state index in [0.29, 0.717) is 44.3 Å². The van der Waals surface area contributed by atoms with Crippen LogP contribution in [0, 0.1) is 12.8 Å². The molecule has 0 radical (unpaired) electrons. The highest BCUT2D eigenvalue weighted by molar-refractivity contribution is 7.89. The third-order valence-electron chi connectivity index (χ3n) is 8.03. The molecule has 46 heavy (non-hydrogen) atoms. The normalized spacial score (nSPS) is 18.4. The lowest BCUT2D eigenvalue weighted by molar-refractivity contribution is -0.145. The van der Waals surface area contributed by atoms with Crippen molar-refractivity contribution in [1.82, 2.24) is 14.9 Å². The maximum atomic E-state index is 13.6. The fraction of sp³-hybridized carbons (Fsp3) is 0.515. The first-order valence-corrected chi connectivity index (χ1v) is 17.0. The van der Waals surface area contributed by atoms with Crippen molar-refractivity contribution in [3.63, 3.8) is 0 Å². The summed E-state index contributed by atoms with van der Waals surface area (Å²) in [6, 6.07) is 10.8. The van der Waals surface area contributed by atoms with E-state index >= 15 is 0 Å². The summed E-state index contributed by atoms with van der Waals surface area (Å²) in [6.45, 7) is 8.49. The Bertz CT molecular complexity index is 1530. The van der Waals surface area contributed by atoms with Crippen LogP contribution in [-0.2, 0) is 40.3 Å². The number of carbonyl (C=O) groups is 4. The van der Waals surface area contributed by atoms with Crippen molar-refractivity contribution >= 4 is 39.6 Å². The molecule has 0 saturated carbocycles. The second-order valence-corrected chi connectivity index (χ2v) is 14.6. The molecule has 2 aliphatic rings. The van der Waals surface area contributed by atoms with E-state index in [4.69, 9.17) is 9.47 Å². The van der Waals surface area contributed by atoms with E-state index in [1.54, 1.807) is 57.2 Å². The molecule has 0 aromatic heterocycles. The van der Waals surface area contributed by atoms with Crippen molar-refractivity contribution in [3.8, 4) is 0 Å². The first kappa shape index (κ1) is 35.1. The van der Waals surface area contributed by atoms with Crippen molar-refractivity contribution in [2.24, 2.45) is 5.92 Å². The minimum absolute atomic E-state index is 0.0343. The highest BCUT2D eigenvalue weighted by Gasteiger charge is 2.41. The number of esters is 1. The molecule has 250 valence electrons. The number of methoxy groups -OCH3 is 1. The van der Waals surface area contributed by atoms with Crippen molar-refractivity contribution in [2.45, 2.75) is 82.4 Å². The molecular formula is C33H44N4O8S. The van der Waals surface area contributed by atoms with E-state index in [9.17, 15) is 27.6 Å². The van der Waals surface area contributed by atoms with Gasteiger partial charge in [0.05, 0.1) is 17.7 Å². The van der Waals surface area contributed by atoms with Crippen LogP contribution < -0.4 is 15.5 Å². The van der Waals surface area contributed by atoms with E-state index in [0.717, 1.165) is 10.5 Å². The third-order valence-corrected chi connectivity index (χ3v) is 9.95. The molecule has 2 N–H and O–H groups in total. The summed E-state index contributed by atoms with van der Waals surface area (Å²) in [5.74, 6) is -2.08. The lowest BCUT2D eigenvalue weighted by atomic mass is 9.96. The summed E-state index contributed by atoms with van der Waals surface area (Å²) in [5, 5.41) is 5.92. The average Bonchev–Trinajstić information content (AvgIpc) is 3.52. The molecular weight excluding hydrogens is 612 g/mol. The SMILES string of the molecule is COC(=O)[C@H](Cc1cccc(N(C(=O)OC(C)(C)C)C(=O)C2CCNCC2)c1)NC(=O)[C@@H]1CCCN1S(=O)(=O)c1ccc(C)cc1.